The summed E-state index contributed by atoms with van der Waals surface area (Å²) in [7, 11) is 0. The fourth-order valence-electron chi connectivity index (χ4n) is 2.64. The van der Waals surface area contributed by atoms with Crippen molar-refractivity contribution in [2.45, 2.75) is 57.0 Å². The van der Waals surface area contributed by atoms with Crippen LogP contribution >= 0.6 is 12.4 Å². The number of halogens is 2. The summed E-state index contributed by atoms with van der Waals surface area (Å²) in [6, 6.07) is 6.70. The van der Waals surface area contributed by atoms with Crippen LogP contribution in [0.5, 0.6) is 0 Å². The van der Waals surface area contributed by atoms with Crippen LogP contribution in [0.2, 0.25) is 0 Å². The molecule has 1 amide bonds. The Bertz CT molecular complexity index is 485. The molecule has 1 aromatic rings. The number of rotatable bonds is 3. The summed E-state index contributed by atoms with van der Waals surface area (Å²) in [6.07, 6.45) is 3.74. The summed E-state index contributed by atoms with van der Waals surface area (Å²) >= 11 is 0. The van der Waals surface area contributed by atoms with Gasteiger partial charge in [0.1, 0.15) is 5.82 Å². The molecule has 1 aliphatic rings. The van der Waals surface area contributed by atoms with Crippen LogP contribution in [0.15, 0.2) is 24.3 Å². The second-order valence-corrected chi connectivity index (χ2v) is 6.22. The summed E-state index contributed by atoms with van der Waals surface area (Å²) in [5, 5.41) is 3.08. The van der Waals surface area contributed by atoms with Gasteiger partial charge < -0.3 is 11.1 Å². The highest BCUT2D eigenvalue weighted by Crippen LogP contribution is 2.25. The number of hydrogen-bond donors (Lipinski definition) is 2. The molecule has 1 fully saturated rings. The predicted molar refractivity (Wildman–Crippen MR) is 85.0 cm³/mol. The van der Waals surface area contributed by atoms with Crippen molar-refractivity contribution in [2.75, 3.05) is 0 Å². The molecular formula is C16H24ClFN2O. The Balaban J connectivity index is 0.00000220. The highest BCUT2D eigenvalue weighted by atomic mass is 35.5. The number of nitrogens with two attached hydrogens (primary N) is 1. The smallest absolute Gasteiger partial charge is 0.230 e. The van der Waals surface area contributed by atoms with E-state index in [0.29, 0.717) is 5.56 Å². The largest absolute Gasteiger partial charge is 0.353 e. The Morgan fingerprint density at radius 2 is 1.90 bits per heavy atom. The molecule has 3 nitrogen and oxygen atoms in total. The SMILES string of the molecule is CC(C)(C(=O)NC1CCC(N)CC1)c1cccc(F)c1.Cl. The van der Waals surface area contributed by atoms with Crippen LogP contribution < -0.4 is 11.1 Å². The van der Waals surface area contributed by atoms with Gasteiger partial charge in [-0.3, -0.25) is 4.79 Å². The second-order valence-electron chi connectivity index (χ2n) is 6.22. The molecule has 21 heavy (non-hydrogen) atoms. The van der Waals surface area contributed by atoms with Crippen molar-refractivity contribution in [1.29, 1.82) is 0 Å². The Morgan fingerprint density at radius 3 is 2.48 bits per heavy atom. The normalized spacial score (nSPS) is 22.3. The molecule has 0 atom stereocenters. The lowest BCUT2D eigenvalue weighted by atomic mass is 9.82. The van der Waals surface area contributed by atoms with E-state index < -0.39 is 5.41 Å². The molecule has 1 aromatic carbocycles. The molecule has 3 N–H and O–H groups in total. The van der Waals surface area contributed by atoms with Crippen molar-refractivity contribution >= 4 is 18.3 Å². The maximum atomic E-state index is 13.3. The van der Waals surface area contributed by atoms with Gasteiger partial charge in [-0.1, -0.05) is 12.1 Å². The van der Waals surface area contributed by atoms with Gasteiger partial charge in [0.05, 0.1) is 5.41 Å². The third-order valence-electron chi connectivity index (χ3n) is 4.22. The standard InChI is InChI=1S/C16H23FN2O.ClH/c1-16(2,11-4-3-5-12(17)10-11)15(20)19-14-8-6-13(18)7-9-14;/h3-5,10,13-14H,6-9,18H2,1-2H3,(H,19,20);1H. The Morgan fingerprint density at radius 1 is 1.29 bits per heavy atom. The van der Waals surface area contributed by atoms with Gasteiger partial charge in [0.2, 0.25) is 5.91 Å². The molecule has 1 aliphatic carbocycles. The van der Waals surface area contributed by atoms with Gasteiger partial charge in [-0.25, -0.2) is 4.39 Å². The van der Waals surface area contributed by atoms with Crippen molar-refractivity contribution in [3.05, 3.63) is 35.6 Å². The Labute approximate surface area is 131 Å². The first-order valence-corrected chi connectivity index (χ1v) is 7.22. The van der Waals surface area contributed by atoms with Crippen molar-refractivity contribution in [1.82, 2.24) is 5.32 Å². The Kier molecular flexibility index (Phi) is 6.17. The molecule has 2 rings (SSSR count). The average Bonchev–Trinajstić information content (AvgIpc) is 2.41. The minimum Gasteiger partial charge on any atom is -0.353 e. The van der Waals surface area contributed by atoms with Gasteiger partial charge in [0, 0.05) is 12.1 Å². The van der Waals surface area contributed by atoms with E-state index in [4.69, 9.17) is 5.73 Å². The van der Waals surface area contributed by atoms with E-state index in [2.05, 4.69) is 5.32 Å². The molecule has 0 aromatic heterocycles. The van der Waals surface area contributed by atoms with E-state index in [1.54, 1.807) is 12.1 Å². The number of carbonyl (C=O) groups is 1. The maximum absolute atomic E-state index is 13.3. The molecule has 5 heteroatoms. The molecule has 0 unspecified atom stereocenters. The minimum absolute atomic E-state index is 0. The molecule has 0 aliphatic heterocycles. The van der Waals surface area contributed by atoms with Crippen molar-refractivity contribution in [2.24, 2.45) is 5.73 Å². The van der Waals surface area contributed by atoms with Crippen LogP contribution in [-0.2, 0) is 10.2 Å². The average molecular weight is 315 g/mol. The van der Waals surface area contributed by atoms with Crippen LogP contribution in [-0.4, -0.2) is 18.0 Å². The van der Waals surface area contributed by atoms with Gasteiger partial charge in [-0.15, -0.1) is 12.4 Å². The van der Waals surface area contributed by atoms with Crippen molar-refractivity contribution < 1.29 is 9.18 Å². The summed E-state index contributed by atoms with van der Waals surface area (Å²) in [5.41, 5.74) is 5.83. The molecular weight excluding hydrogens is 291 g/mol. The number of hydrogen-bond acceptors (Lipinski definition) is 2. The maximum Gasteiger partial charge on any atom is 0.230 e. The third kappa shape index (κ3) is 4.42. The fourth-order valence-corrected chi connectivity index (χ4v) is 2.64. The zero-order valence-corrected chi connectivity index (χ0v) is 13.4. The molecule has 0 bridgehead atoms. The lowest BCUT2D eigenvalue weighted by Gasteiger charge is -2.31. The lowest BCUT2D eigenvalue weighted by molar-refractivity contribution is -0.126. The minimum atomic E-state index is -0.734. The van der Waals surface area contributed by atoms with Crippen molar-refractivity contribution in [3.8, 4) is 0 Å². The molecule has 118 valence electrons. The van der Waals surface area contributed by atoms with E-state index in [1.807, 2.05) is 13.8 Å². The van der Waals surface area contributed by atoms with Crippen LogP contribution in [0.1, 0.15) is 45.1 Å². The zero-order valence-electron chi connectivity index (χ0n) is 12.6. The lowest BCUT2D eigenvalue weighted by Crippen LogP contribution is -2.47. The second kappa shape index (κ2) is 7.23. The topological polar surface area (TPSA) is 55.1 Å². The van der Waals surface area contributed by atoms with Crippen LogP contribution in [0.4, 0.5) is 4.39 Å². The molecule has 0 spiro atoms. The molecule has 0 saturated heterocycles. The molecule has 1 saturated carbocycles. The van der Waals surface area contributed by atoms with E-state index in [9.17, 15) is 9.18 Å². The van der Waals surface area contributed by atoms with E-state index in [1.165, 1.54) is 12.1 Å². The number of carbonyl (C=O) groups excluding carboxylic acids is 1. The Hall–Kier alpha value is -1.13. The first kappa shape index (κ1) is 17.9. The van der Waals surface area contributed by atoms with E-state index in [0.717, 1.165) is 25.7 Å². The van der Waals surface area contributed by atoms with Crippen LogP contribution in [0.3, 0.4) is 0 Å². The number of benzene rings is 1. The highest BCUT2D eigenvalue weighted by Gasteiger charge is 2.32. The first-order chi connectivity index (χ1) is 9.39. The summed E-state index contributed by atoms with van der Waals surface area (Å²) < 4.78 is 13.3. The van der Waals surface area contributed by atoms with E-state index >= 15 is 0 Å². The first-order valence-electron chi connectivity index (χ1n) is 7.22. The summed E-state index contributed by atoms with van der Waals surface area (Å²) in [6.45, 7) is 3.65. The molecule has 0 radical (unpaired) electrons. The van der Waals surface area contributed by atoms with Gasteiger partial charge in [-0.05, 0) is 57.2 Å². The number of nitrogens with one attached hydrogen (secondary N) is 1. The van der Waals surface area contributed by atoms with E-state index in [-0.39, 0.29) is 36.2 Å². The van der Waals surface area contributed by atoms with Gasteiger partial charge in [0.15, 0.2) is 0 Å². The van der Waals surface area contributed by atoms with Gasteiger partial charge in [0.25, 0.3) is 0 Å². The zero-order chi connectivity index (χ0) is 14.8. The monoisotopic (exact) mass is 314 g/mol. The summed E-state index contributed by atoms with van der Waals surface area (Å²) in [4.78, 5) is 12.5. The molecule has 0 heterocycles. The third-order valence-corrected chi connectivity index (χ3v) is 4.22. The highest BCUT2D eigenvalue weighted by molar-refractivity contribution is 5.87. The van der Waals surface area contributed by atoms with Crippen LogP contribution in [0, 0.1) is 5.82 Å². The van der Waals surface area contributed by atoms with Crippen LogP contribution in [0.25, 0.3) is 0 Å². The predicted octanol–water partition coefficient (Wildman–Crippen LogP) is 2.91. The van der Waals surface area contributed by atoms with Crippen molar-refractivity contribution in [3.63, 3.8) is 0 Å². The quantitative estimate of drug-likeness (QED) is 0.901. The number of amides is 1. The van der Waals surface area contributed by atoms with Gasteiger partial charge in [-0.2, -0.15) is 0 Å². The van der Waals surface area contributed by atoms with Gasteiger partial charge >= 0.3 is 0 Å². The summed E-state index contributed by atoms with van der Waals surface area (Å²) in [5.74, 6) is -0.365. The fraction of sp³-hybridized carbons (Fsp3) is 0.562.